The zero-order valence-corrected chi connectivity index (χ0v) is 6.46. The van der Waals surface area contributed by atoms with Gasteiger partial charge in [-0.05, 0) is 6.26 Å². The number of ketones is 1. The molecule has 0 amide bonds. The second-order valence-electron chi connectivity index (χ2n) is 1.65. The Balaban J connectivity index is 0. The molecule has 0 fully saturated rings. The first-order valence-electron chi connectivity index (χ1n) is 2.79. The van der Waals surface area contributed by atoms with E-state index in [1.165, 1.54) is 0 Å². The van der Waals surface area contributed by atoms with Crippen molar-refractivity contribution < 1.29 is 9.59 Å². The lowest BCUT2D eigenvalue weighted by molar-refractivity contribution is -0.123. The fourth-order valence-electron chi connectivity index (χ4n) is 0.358. The number of hydrogen-bond acceptors (Lipinski definition) is 3. The van der Waals surface area contributed by atoms with Gasteiger partial charge in [-0.1, -0.05) is 26.1 Å². The summed E-state index contributed by atoms with van der Waals surface area (Å²) in [6.45, 7) is 1.76. The molecule has 0 aliphatic rings. The van der Waals surface area contributed by atoms with Crippen molar-refractivity contribution in [3.05, 3.63) is 0 Å². The first-order valence-corrected chi connectivity index (χ1v) is 4.01. The zero-order chi connectivity index (χ0) is 7.28. The summed E-state index contributed by atoms with van der Waals surface area (Å²) in [4.78, 5) is 21.1. The van der Waals surface area contributed by atoms with Gasteiger partial charge in [0.25, 0.3) is 0 Å². The molecule has 0 saturated heterocycles. The highest BCUT2D eigenvalue weighted by molar-refractivity contribution is 8.13. The first kappa shape index (κ1) is 12.4. The van der Waals surface area contributed by atoms with E-state index in [0.717, 1.165) is 11.8 Å². The van der Waals surface area contributed by atoms with Crippen LogP contribution in [0, 0.1) is 0 Å². The highest BCUT2D eigenvalue weighted by atomic mass is 32.2. The summed E-state index contributed by atoms with van der Waals surface area (Å²) in [5.41, 5.74) is 0. The molecule has 10 heavy (non-hydrogen) atoms. The van der Waals surface area contributed by atoms with Crippen LogP contribution in [0.4, 0.5) is 0 Å². The molecule has 0 rings (SSSR count). The SMILES string of the molecule is C.CCC(=O)CC(=O)SC. The van der Waals surface area contributed by atoms with Crippen molar-refractivity contribution in [3.8, 4) is 0 Å². The van der Waals surface area contributed by atoms with Crippen molar-refractivity contribution in [3.63, 3.8) is 0 Å². The van der Waals surface area contributed by atoms with E-state index in [9.17, 15) is 9.59 Å². The van der Waals surface area contributed by atoms with Crippen LogP contribution in [0.15, 0.2) is 0 Å². The van der Waals surface area contributed by atoms with Crippen LogP contribution >= 0.6 is 11.8 Å². The predicted molar refractivity (Wildman–Crippen MR) is 45.2 cm³/mol. The smallest absolute Gasteiger partial charge is 0.196 e. The lowest BCUT2D eigenvalue weighted by atomic mass is 10.2. The van der Waals surface area contributed by atoms with Crippen LogP contribution in [0.25, 0.3) is 0 Å². The maximum Gasteiger partial charge on any atom is 0.196 e. The van der Waals surface area contributed by atoms with Crippen molar-refractivity contribution in [1.82, 2.24) is 0 Å². The Hall–Kier alpha value is -0.310. The Kier molecular flexibility index (Phi) is 8.42. The Labute approximate surface area is 66.4 Å². The molecule has 0 N–H and O–H groups in total. The minimum Gasteiger partial charge on any atom is -0.299 e. The van der Waals surface area contributed by atoms with E-state index < -0.39 is 0 Å². The Bertz CT molecular complexity index is 107. The lowest BCUT2D eigenvalue weighted by Crippen LogP contribution is -2.01. The molecule has 0 aromatic carbocycles. The minimum atomic E-state index is -0.0400. The van der Waals surface area contributed by atoms with E-state index in [4.69, 9.17) is 0 Å². The van der Waals surface area contributed by atoms with Gasteiger partial charge in [0.15, 0.2) is 5.12 Å². The van der Waals surface area contributed by atoms with Crippen molar-refractivity contribution in [2.24, 2.45) is 0 Å². The van der Waals surface area contributed by atoms with E-state index in [-0.39, 0.29) is 24.7 Å². The van der Waals surface area contributed by atoms with Gasteiger partial charge in [0.05, 0.1) is 6.42 Å². The summed E-state index contributed by atoms with van der Waals surface area (Å²) in [7, 11) is 0. The zero-order valence-electron chi connectivity index (χ0n) is 5.64. The van der Waals surface area contributed by atoms with E-state index in [0.29, 0.717) is 6.42 Å². The van der Waals surface area contributed by atoms with Crippen LogP contribution in [0.2, 0.25) is 0 Å². The second-order valence-corrected chi connectivity index (χ2v) is 2.51. The summed E-state index contributed by atoms with van der Waals surface area (Å²) in [6, 6.07) is 0. The Morgan fingerprint density at radius 2 is 1.90 bits per heavy atom. The van der Waals surface area contributed by atoms with Crippen molar-refractivity contribution in [2.45, 2.75) is 27.2 Å². The molecule has 0 bridgehead atoms. The van der Waals surface area contributed by atoms with Crippen LogP contribution in [0.1, 0.15) is 27.2 Å². The summed E-state index contributed by atoms with van der Waals surface area (Å²) in [5, 5.41) is -0.0400. The van der Waals surface area contributed by atoms with E-state index in [1.807, 2.05) is 0 Å². The van der Waals surface area contributed by atoms with Crippen molar-refractivity contribution in [1.29, 1.82) is 0 Å². The molecule has 0 spiro atoms. The maximum absolute atomic E-state index is 10.5. The fraction of sp³-hybridized carbons (Fsp3) is 0.714. The van der Waals surface area contributed by atoms with Gasteiger partial charge in [0, 0.05) is 6.42 Å². The molecule has 2 nitrogen and oxygen atoms in total. The fourth-order valence-corrected chi connectivity index (χ4v) is 0.663. The highest BCUT2D eigenvalue weighted by Gasteiger charge is 2.04. The molecular formula is C7H14O2S. The predicted octanol–water partition coefficient (Wildman–Crippen LogP) is 1.88. The van der Waals surface area contributed by atoms with Gasteiger partial charge < -0.3 is 0 Å². The van der Waals surface area contributed by atoms with Gasteiger partial charge in [-0.25, -0.2) is 0 Å². The molecule has 0 saturated carbocycles. The summed E-state index contributed by atoms with van der Waals surface area (Å²) < 4.78 is 0. The molecule has 0 atom stereocenters. The number of hydrogen-bond donors (Lipinski definition) is 0. The van der Waals surface area contributed by atoms with Crippen LogP contribution in [-0.4, -0.2) is 17.2 Å². The number of carbonyl (C=O) groups excluding carboxylic acids is 2. The third-order valence-corrected chi connectivity index (χ3v) is 1.56. The average molecular weight is 162 g/mol. The van der Waals surface area contributed by atoms with Crippen molar-refractivity contribution >= 4 is 22.7 Å². The van der Waals surface area contributed by atoms with Gasteiger partial charge in [0.2, 0.25) is 0 Å². The van der Waals surface area contributed by atoms with Gasteiger partial charge in [0.1, 0.15) is 5.78 Å². The number of carbonyl (C=O) groups is 2. The number of rotatable bonds is 3. The summed E-state index contributed by atoms with van der Waals surface area (Å²) >= 11 is 1.11. The van der Waals surface area contributed by atoms with E-state index >= 15 is 0 Å². The number of Topliss-reactive ketones (excluding diaryl/α,β-unsaturated/α-hetero) is 1. The van der Waals surface area contributed by atoms with Gasteiger partial charge in [-0.2, -0.15) is 0 Å². The first-order chi connectivity index (χ1) is 4.20. The topological polar surface area (TPSA) is 34.1 Å². The van der Waals surface area contributed by atoms with Gasteiger partial charge in [-0.15, -0.1) is 0 Å². The Morgan fingerprint density at radius 1 is 1.40 bits per heavy atom. The van der Waals surface area contributed by atoms with Crippen LogP contribution < -0.4 is 0 Å². The lowest BCUT2D eigenvalue weighted by Gasteiger charge is -1.90. The third kappa shape index (κ3) is 5.82. The molecule has 0 aromatic rings. The number of thioether (sulfide) groups is 1. The molecule has 0 unspecified atom stereocenters. The molecular weight excluding hydrogens is 148 g/mol. The quantitative estimate of drug-likeness (QED) is 0.594. The monoisotopic (exact) mass is 162 g/mol. The second kappa shape index (κ2) is 6.81. The van der Waals surface area contributed by atoms with Crippen LogP contribution in [0.3, 0.4) is 0 Å². The third-order valence-electron chi connectivity index (χ3n) is 0.964. The van der Waals surface area contributed by atoms with E-state index in [1.54, 1.807) is 13.2 Å². The normalized spacial score (nSPS) is 8.20. The van der Waals surface area contributed by atoms with Gasteiger partial charge in [-0.3, -0.25) is 9.59 Å². The minimum absolute atomic E-state index is 0. The molecule has 0 aromatic heterocycles. The maximum atomic E-state index is 10.5. The molecule has 60 valence electrons. The molecule has 0 radical (unpaired) electrons. The van der Waals surface area contributed by atoms with Crippen LogP contribution in [-0.2, 0) is 9.59 Å². The summed E-state index contributed by atoms with van der Waals surface area (Å²) in [6.07, 6.45) is 2.25. The summed E-state index contributed by atoms with van der Waals surface area (Å²) in [5.74, 6) is 0.0225. The average Bonchev–Trinajstić information content (AvgIpc) is 1.87. The molecule has 0 aliphatic carbocycles. The largest absolute Gasteiger partial charge is 0.299 e. The van der Waals surface area contributed by atoms with E-state index in [2.05, 4.69) is 0 Å². The molecule has 0 aliphatic heterocycles. The molecule has 3 heteroatoms. The Morgan fingerprint density at radius 3 is 2.20 bits per heavy atom. The standard InChI is InChI=1S/C6H10O2S.CH4/c1-3-5(7)4-6(8)9-2;/h3-4H2,1-2H3;1H4. The van der Waals surface area contributed by atoms with Crippen molar-refractivity contribution in [2.75, 3.05) is 6.26 Å². The van der Waals surface area contributed by atoms with Crippen LogP contribution in [0.5, 0.6) is 0 Å². The van der Waals surface area contributed by atoms with Gasteiger partial charge >= 0.3 is 0 Å². The highest BCUT2D eigenvalue weighted by Crippen LogP contribution is 2.00. The molecule has 0 heterocycles.